The van der Waals surface area contributed by atoms with Gasteiger partial charge in [-0.2, -0.15) is 0 Å². The predicted octanol–water partition coefficient (Wildman–Crippen LogP) is 4.58. The zero-order chi connectivity index (χ0) is 21.8. The van der Waals surface area contributed by atoms with Crippen LogP contribution in [0.5, 0.6) is 0 Å². The molecule has 0 aliphatic heterocycles. The minimum atomic E-state index is -0.986. The standard InChI is InChI=1S/C23H23F2N5O/c1-16(17-7-3-2-4-8-17)27-22-21(18-9-5-10-19(24)20(18)25)30(23(31)28-22)13-6-12-29-14-11-26-15-29/h2-5,7-11,14-16,27H,6,12-13H2,1H3,(H,28,31). The molecule has 0 bridgehead atoms. The molecule has 160 valence electrons. The summed E-state index contributed by atoms with van der Waals surface area (Å²) in [5, 5.41) is 3.26. The number of rotatable bonds is 8. The first-order valence-electron chi connectivity index (χ1n) is 10.1. The molecule has 4 rings (SSSR count). The summed E-state index contributed by atoms with van der Waals surface area (Å²) in [5.41, 5.74) is 0.952. The molecule has 1 atom stereocenters. The van der Waals surface area contributed by atoms with E-state index in [1.807, 2.05) is 48.0 Å². The van der Waals surface area contributed by atoms with Crippen molar-refractivity contribution in [3.63, 3.8) is 0 Å². The summed E-state index contributed by atoms with van der Waals surface area (Å²) in [4.78, 5) is 19.6. The van der Waals surface area contributed by atoms with Gasteiger partial charge in [0.1, 0.15) is 5.82 Å². The molecule has 2 aromatic carbocycles. The van der Waals surface area contributed by atoms with Crippen LogP contribution in [-0.4, -0.2) is 19.1 Å². The third-order valence-corrected chi connectivity index (χ3v) is 5.21. The average Bonchev–Trinajstić information content (AvgIpc) is 3.39. The van der Waals surface area contributed by atoms with E-state index in [1.165, 1.54) is 16.7 Å². The Hall–Kier alpha value is -3.68. The third kappa shape index (κ3) is 4.42. The number of nitrogens with zero attached hydrogens (tertiary/aromatic N) is 3. The molecule has 0 amide bonds. The largest absolute Gasteiger partial charge is 0.363 e. The van der Waals surface area contributed by atoms with Crippen LogP contribution in [0, 0.1) is 11.6 Å². The van der Waals surface area contributed by atoms with Gasteiger partial charge in [-0.15, -0.1) is 0 Å². The van der Waals surface area contributed by atoms with Crippen LogP contribution in [0.4, 0.5) is 14.6 Å². The van der Waals surface area contributed by atoms with Gasteiger partial charge in [0.25, 0.3) is 0 Å². The topological polar surface area (TPSA) is 67.6 Å². The Morgan fingerprint density at radius 3 is 2.65 bits per heavy atom. The fourth-order valence-electron chi connectivity index (χ4n) is 3.63. The van der Waals surface area contributed by atoms with Gasteiger partial charge in [0.05, 0.1) is 12.0 Å². The fourth-order valence-corrected chi connectivity index (χ4v) is 3.63. The number of aryl methyl sites for hydroxylation is 1. The number of hydrogen-bond donors (Lipinski definition) is 2. The molecule has 0 aliphatic carbocycles. The number of H-pyrrole nitrogens is 1. The molecular weight excluding hydrogens is 400 g/mol. The lowest BCUT2D eigenvalue weighted by Gasteiger charge is -2.17. The summed E-state index contributed by atoms with van der Waals surface area (Å²) in [7, 11) is 0. The number of nitrogens with one attached hydrogen (secondary N) is 2. The van der Waals surface area contributed by atoms with Crippen LogP contribution in [0.3, 0.4) is 0 Å². The van der Waals surface area contributed by atoms with Gasteiger partial charge in [-0.05, 0) is 31.0 Å². The van der Waals surface area contributed by atoms with Gasteiger partial charge < -0.3 is 9.88 Å². The van der Waals surface area contributed by atoms with Crippen LogP contribution in [0.25, 0.3) is 11.3 Å². The van der Waals surface area contributed by atoms with Crippen LogP contribution in [0.2, 0.25) is 0 Å². The van der Waals surface area contributed by atoms with Crippen molar-refractivity contribution < 1.29 is 8.78 Å². The molecule has 0 spiro atoms. The molecule has 31 heavy (non-hydrogen) atoms. The molecule has 2 heterocycles. The average molecular weight is 423 g/mol. The molecule has 0 fully saturated rings. The molecule has 6 nitrogen and oxygen atoms in total. The van der Waals surface area contributed by atoms with Gasteiger partial charge in [0.15, 0.2) is 11.6 Å². The van der Waals surface area contributed by atoms with Gasteiger partial charge in [0, 0.05) is 37.1 Å². The second-order valence-corrected chi connectivity index (χ2v) is 7.34. The lowest BCUT2D eigenvalue weighted by molar-refractivity contribution is 0.508. The first-order chi connectivity index (χ1) is 15.0. The first kappa shape index (κ1) is 20.6. The van der Waals surface area contributed by atoms with E-state index < -0.39 is 11.6 Å². The van der Waals surface area contributed by atoms with Crippen LogP contribution < -0.4 is 11.0 Å². The van der Waals surface area contributed by atoms with E-state index in [2.05, 4.69) is 15.3 Å². The Morgan fingerprint density at radius 1 is 1.10 bits per heavy atom. The van der Waals surface area contributed by atoms with Gasteiger partial charge in [0.2, 0.25) is 0 Å². The van der Waals surface area contributed by atoms with Crippen LogP contribution >= 0.6 is 0 Å². The van der Waals surface area contributed by atoms with Gasteiger partial charge >= 0.3 is 5.69 Å². The molecule has 1 unspecified atom stereocenters. The summed E-state index contributed by atoms with van der Waals surface area (Å²) < 4.78 is 32.1. The Balaban J connectivity index is 1.70. The fraction of sp³-hybridized carbons (Fsp3) is 0.217. The predicted molar refractivity (Wildman–Crippen MR) is 116 cm³/mol. The Labute approximate surface area is 178 Å². The molecular formula is C23H23F2N5O. The summed E-state index contributed by atoms with van der Waals surface area (Å²) in [6, 6.07) is 13.5. The molecule has 2 N–H and O–H groups in total. The maximum atomic E-state index is 14.7. The van der Waals surface area contributed by atoms with Crippen molar-refractivity contribution in [1.82, 2.24) is 19.1 Å². The number of anilines is 1. The molecule has 8 heteroatoms. The van der Waals surface area contributed by atoms with E-state index in [1.54, 1.807) is 12.5 Å². The molecule has 0 aliphatic rings. The summed E-state index contributed by atoms with van der Waals surface area (Å²) in [5.74, 6) is -1.59. The SMILES string of the molecule is CC(Nc1[nH]c(=O)n(CCCn2ccnc2)c1-c1cccc(F)c1F)c1ccccc1. The van der Waals surface area contributed by atoms with E-state index in [9.17, 15) is 13.6 Å². The number of benzene rings is 2. The van der Waals surface area contributed by atoms with Crippen LogP contribution in [-0.2, 0) is 13.1 Å². The van der Waals surface area contributed by atoms with Crippen molar-refractivity contribution in [2.45, 2.75) is 32.5 Å². The zero-order valence-corrected chi connectivity index (χ0v) is 17.1. The first-order valence-corrected chi connectivity index (χ1v) is 10.1. The summed E-state index contributed by atoms with van der Waals surface area (Å²) in [6.45, 7) is 2.92. The highest BCUT2D eigenvalue weighted by Gasteiger charge is 2.22. The quantitative estimate of drug-likeness (QED) is 0.436. The lowest BCUT2D eigenvalue weighted by atomic mass is 10.1. The highest BCUT2D eigenvalue weighted by Crippen LogP contribution is 2.31. The van der Waals surface area contributed by atoms with E-state index in [-0.39, 0.29) is 17.3 Å². The van der Waals surface area contributed by atoms with E-state index in [0.717, 1.165) is 11.6 Å². The summed E-state index contributed by atoms with van der Waals surface area (Å²) >= 11 is 0. The summed E-state index contributed by atoms with van der Waals surface area (Å²) in [6.07, 6.45) is 5.83. The van der Waals surface area contributed by atoms with Crippen LogP contribution in [0.15, 0.2) is 72.0 Å². The van der Waals surface area contributed by atoms with Crippen molar-refractivity contribution >= 4 is 5.82 Å². The van der Waals surface area contributed by atoms with Gasteiger partial charge in [-0.1, -0.05) is 36.4 Å². The molecule has 4 aromatic rings. The molecule has 0 radical (unpaired) electrons. The molecule has 0 saturated heterocycles. The normalized spacial score (nSPS) is 12.1. The number of hydrogen-bond acceptors (Lipinski definition) is 3. The third-order valence-electron chi connectivity index (χ3n) is 5.21. The molecule has 2 aromatic heterocycles. The van der Waals surface area contributed by atoms with Crippen molar-refractivity contribution in [2.75, 3.05) is 5.32 Å². The number of imidazole rings is 2. The Kier molecular flexibility index (Phi) is 5.97. The minimum Gasteiger partial charge on any atom is -0.363 e. The maximum Gasteiger partial charge on any atom is 0.327 e. The minimum absolute atomic E-state index is 0.0312. The second-order valence-electron chi connectivity index (χ2n) is 7.34. The highest BCUT2D eigenvalue weighted by atomic mass is 19.2. The number of aromatic nitrogens is 4. The van der Waals surface area contributed by atoms with E-state index in [4.69, 9.17) is 0 Å². The van der Waals surface area contributed by atoms with E-state index >= 15 is 0 Å². The number of halogens is 2. The van der Waals surface area contributed by atoms with Crippen LogP contribution in [0.1, 0.15) is 24.9 Å². The Morgan fingerprint density at radius 2 is 1.90 bits per heavy atom. The lowest BCUT2D eigenvalue weighted by Crippen LogP contribution is -2.19. The molecule has 0 saturated carbocycles. The Bertz CT molecular complexity index is 1200. The van der Waals surface area contributed by atoms with Crippen molar-refractivity contribution in [3.05, 3.63) is 94.9 Å². The van der Waals surface area contributed by atoms with Gasteiger partial charge in [-0.3, -0.25) is 9.55 Å². The van der Waals surface area contributed by atoms with Crippen molar-refractivity contribution in [1.29, 1.82) is 0 Å². The monoisotopic (exact) mass is 423 g/mol. The second kappa shape index (κ2) is 8.99. The van der Waals surface area contributed by atoms with Crippen molar-refractivity contribution in [3.8, 4) is 11.3 Å². The van der Waals surface area contributed by atoms with E-state index in [0.29, 0.717) is 31.0 Å². The number of aromatic amines is 1. The van der Waals surface area contributed by atoms with Gasteiger partial charge in [-0.25, -0.2) is 18.6 Å². The smallest absolute Gasteiger partial charge is 0.327 e. The zero-order valence-electron chi connectivity index (χ0n) is 17.1. The highest BCUT2D eigenvalue weighted by molar-refractivity contribution is 5.73. The maximum absolute atomic E-state index is 14.7. The van der Waals surface area contributed by atoms with Crippen molar-refractivity contribution in [2.24, 2.45) is 0 Å².